The van der Waals surface area contributed by atoms with E-state index in [1.165, 1.54) is 54.7 Å². The Kier molecular flexibility index (Phi) is 3.97. The SMILES string of the molecule is CC(C)C1CCCN1c1nc2c(cc1CN)CCCC2. The molecule has 0 bridgehead atoms. The first-order chi connectivity index (χ1) is 9.70. The Labute approximate surface area is 122 Å². The van der Waals surface area contributed by atoms with Crippen LogP contribution in [0, 0.1) is 5.92 Å². The molecule has 0 aromatic carbocycles. The van der Waals surface area contributed by atoms with Crippen molar-refractivity contribution in [3.8, 4) is 0 Å². The Balaban J connectivity index is 1.99. The van der Waals surface area contributed by atoms with E-state index in [-0.39, 0.29) is 0 Å². The number of nitrogens with two attached hydrogens (primary N) is 1. The predicted molar refractivity (Wildman–Crippen MR) is 84.0 cm³/mol. The molecule has 1 unspecified atom stereocenters. The first kappa shape index (κ1) is 13.9. The standard InChI is InChI=1S/C17H27N3/c1-12(2)16-8-5-9-20(16)17-14(11-18)10-13-6-3-4-7-15(13)19-17/h10,12,16H,3-9,11,18H2,1-2H3. The van der Waals surface area contributed by atoms with E-state index in [1.807, 2.05) is 0 Å². The molecule has 0 radical (unpaired) electrons. The van der Waals surface area contributed by atoms with Gasteiger partial charge in [0.15, 0.2) is 0 Å². The van der Waals surface area contributed by atoms with Gasteiger partial charge in [-0.2, -0.15) is 0 Å². The lowest BCUT2D eigenvalue weighted by Crippen LogP contribution is -2.35. The number of rotatable bonds is 3. The van der Waals surface area contributed by atoms with Crippen LogP contribution in [-0.2, 0) is 19.4 Å². The van der Waals surface area contributed by atoms with Crippen LogP contribution in [0.1, 0.15) is 56.4 Å². The summed E-state index contributed by atoms with van der Waals surface area (Å²) in [7, 11) is 0. The van der Waals surface area contributed by atoms with Crippen molar-refractivity contribution < 1.29 is 0 Å². The van der Waals surface area contributed by atoms with E-state index in [9.17, 15) is 0 Å². The summed E-state index contributed by atoms with van der Waals surface area (Å²) in [6.07, 6.45) is 7.49. The van der Waals surface area contributed by atoms with Crippen LogP contribution in [0.15, 0.2) is 6.07 Å². The fourth-order valence-electron chi connectivity index (χ4n) is 3.82. The third kappa shape index (κ3) is 2.44. The second kappa shape index (κ2) is 5.72. The summed E-state index contributed by atoms with van der Waals surface area (Å²) in [5, 5.41) is 0. The van der Waals surface area contributed by atoms with E-state index in [1.54, 1.807) is 0 Å². The quantitative estimate of drug-likeness (QED) is 0.920. The molecule has 3 nitrogen and oxygen atoms in total. The molecule has 2 aliphatic rings. The minimum absolute atomic E-state index is 0.608. The van der Waals surface area contributed by atoms with Crippen LogP contribution in [0.2, 0.25) is 0 Å². The maximum Gasteiger partial charge on any atom is 0.133 e. The van der Waals surface area contributed by atoms with Gasteiger partial charge in [0.2, 0.25) is 0 Å². The summed E-state index contributed by atoms with van der Waals surface area (Å²) >= 11 is 0. The van der Waals surface area contributed by atoms with Crippen molar-refractivity contribution >= 4 is 5.82 Å². The largest absolute Gasteiger partial charge is 0.353 e. The van der Waals surface area contributed by atoms with E-state index in [0.29, 0.717) is 18.5 Å². The van der Waals surface area contributed by atoms with Crippen LogP contribution in [0.3, 0.4) is 0 Å². The van der Waals surface area contributed by atoms with Crippen LogP contribution >= 0.6 is 0 Å². The molecule has 1 saturated heterocycles. The number of nitrogens with zero attached hydrogens (tertiary/aromatic N) is 2. The van der Waals surface area contributed by atoms with Crippen molar-refractivity contribution in [3.63, 3.8) is 0 Å². The van der Waals surface area contributed by atoms with Gasteiger partial charge in [-0.25, -0.2) is 4.98 Å². The fraction of sp³-hybridized carbons (Fsp3) is 0.706. The molecule has 1 fully saturated rings. The Hall–Kier alpha value is -1.09. The van der Waals surface area contributed by atoms with Gasteiger partial charge in [0.25, 0.3) is 0 Å². The van der Waals surface area contributed by atoms with Gasteiger partial charge in [-0.05, 0) is 56.1 Å². The normalized spacial score (nSPS) is 22.4. The lowest BCUT2D eigenvalue weighted by Gasteiger charge is -2.31. The molecule has 20 heavy (non-hydrogen) atoms. The molecule has 0 amide bonds. The first-order valence-corrected chi connectivity index (χ1v) is 8.19. The molecule has 0 spiro atoms. The molecular formula is C17H27N3. The number of fused-ring (bicyclic) bond motifs is 1. The van der Waals surface area contributed by atoms with Gasteiger partial charge in [0.05, 0.1) is 0 Å². The van der Waals surface area contributed by atoms with Gasteiger partial charge >= 0.3 is 0 Å². The van der Waals surface area contributed by atoms with Crippen LogP contribution in [0.4, 0.5) is 5.82 Å². The summed E-state index contributed by atoms with van der Waals surface area (Å²) in [5.41, 5.74) is 10.0. The smallest absolute Gasteiger partial charge is 0.133 e. The van der Waals surface area contributed by atoms with Crippen LogP contribution < -0.4 is 10.6 Å². The average Bonchev–Trinajstić information content (AvgIpc) is 2.95. The Morgan fingerprint density at radius 1 is 1.30 bits per heavy atom. The maximum absolute atomic E-state index is 6.01. The van der Waals surface area contributed by atoms with E-state index in [2.05, 4.69) is 24.8 Å². The molecule has 3 rings (SSSR count). The van der Waals surface area contributed by atoms with E-state index >= 15 is 0 Å². The monoisotopic (exact) mass is 273 g/mol. The highest BCUT2D eigenvalue weighted by Gasteiger charge is 2.30. The molecule has 110 valence electrons. The van der Waals surface area contributed by atoms with Crippen molar-refractivity contribution in [3.05, 3.63) is 22.9 Å². The van der Waals surface area contributed by atoms with E-state index < -0.39 is 0 Å². The van der Waals surface area contributed by atoms with Gasteiger partial charge in [-0.1, -0.05) is 13.8 Å². The van der Waals surface area contributed by atoms with Gasteiger partial charge < -0.3 is 10.6 Å². The summed E-state index contributed by atoms with van der Waals surface area (Å²) < 4.78 is 0. The summed E-state index contributed by atoms with van der Waals surface area (Å²) in [6.45, 7) is 6.39. The topological polar surface area (TPSA) is 42.2 Å². The summed E-state index contributed by atoms with van der Waals surface area (Å²) in [6, 6.07) is 2.97. The minimum atomic E-state index is 0.608. The van der Waals surface area contributed by atoms with Crippen molar-refractivity contribution in [1.29, 1.82) is 0 Å². The third-order valence-electron chi connectivity index (χ3n) is 4.92. The second-order valence-corrected chi connectivity index (χ2v) is 6.64. The lowest BCUT2D eigenvalue weighted by atomic mass is 9.94. The molecule has 3 heteroatoms. The molecule has 1 aliphatic heterocycles. The zero-order valence-corrected chi connectivity index (χ0v) is 12.9. The number of hydrogen-bond donors (Lipinski definition) is 1. The number of aromatic nitrogens is 1. The Morgan fingerprint density at radius 3 is 2.85 bits per heavy atom. The van der Waals surface area contributed by atoms with Gasteiger partial charge in [-0.3, -0.25) is 0 Å². The number of pyridine rings is 1. The van der Waals surface area contributed by atoms with Crippen LogP contribution in [0.5, 0.6) is 0 Å². The lowest BCUT2D eigenvalue weighted by molar-refractivity contribution is 0.488. The van der Waals surface area contributed by atoms with Crippen molar-refractivity contribution in [2.45, 2.75) is 65.0 Å². The molecule has 1 aromatic rings. The molecule has 2 N–H and O–H groups in total. The molecule has 1 atom stereocenters. The van der Waals surface area contributed by atoms with Gasteiger partial charge in [0.1, 0.15) is 5.82 Å². The zero-order valence-electron chi connectivity index (χ0n) is 12.9. The third-order valence-corrected chi connectivity index (χ3v) is 4.92. The molecule has 1 aromatic heterocycles. The van der Waals surface area contributed by atoms with Crippen molar-refractivity contribution in [1.82, 2.24) is 4.98 Å². The highest BCUT2D eigenvalue weighted by atomic mass is 15.2. The van der Waals surface area contributed by atoms with E-state index in [4.69, 9.17) is 10.7 Å². The van der Waals surface area contributed by atoms with Crippen LogP contribution in [0.25, 0.3) is 0 Å². The number of aryl methyl sites for hydroxylation is 2. The molecule has 0 saturated carbocycles. The highest BCUT2D eigenvalue weighted by Crippen LogP contribution is 2.33. The highest BCUT2D eigenvalue weighted by molar-refractivity contribution is 5.52. The fourth-order valence-corrected chi connectivity index (χ4v) is 3.82. The van der Waals surface area contributed by atoms with E-state index in [0.717, 1.165) is 13.0 Å². The molecular weight excluding hydrogens is 246 g/mol. The predicted octanol–water partition coefficient (Wildman–Crippen LogP) is 3.04. The minimum Gasteiger partial charge on any atom is -0.353 e. The van der Waals surface area contributed by atoms with Crippen LogP contribution in [-0.4, -0.2) is 17.6 Å². The molecule has 1 aliphatic carbocycles. The number of anilines is 1. The Bertz CT molecular complexity index is 481. The second-order valence-electron chi connectivity index (χ2n) is 6.64. The Morgan fingerprint density at radius 2 is 2.10 bits per heavy atom. The summed E-state index contributed by atoms with van der Waals surface area (Å²) in [4.78, 5) is 7.57. The average molecular weight is 273 g/mol. The van der Waals surface area contributed by atoms with Crippen molar-refractivity contribution in [2.24, 2.45) is 11.7 Å². The van der Waals surface area contributed by atoms with Crippen molar-refractivity contribution in [2.75, 3.05) is 11.4 Å². The summed E-state index contributed by atoms with van der Waals surface area (Å²) in [5.74, 6) is 1.87. The van der Waals surface area contributed by atoms with Gasteiger partial charge in [0, 0.05) is 30.4 Å². The maximum atomic E-state index is 6.01. The first-order valence-electron chi connectivity index (χ1n) is 8.19. The van der Waals surface area contributed by atoms with Gasteiger partial charge in [-0.15, -0.1) is 0 Å². The zero-order chi connectivity index (χ0) is 14.1. The number of hydrogen-bond acceptors (Lipinski definition) is 3. The molecule has 2 heterocycles.